The number of ether oxygens (including phenoxy) is 3. The zero-order valence-corrected chi connectivity index (χ0v) is 39.4. The highest BCUT2D eigenvalue weighted by molar-refractivity contribution is 5.96. The Morgan fingerprint density at radius 3 is 1.23 bits per heavy atom. The van der Waals surface area contributed by atoms with Gasteiger partial charge in [0.15, 0.2) is 0 Å². The van der Waals surface area contributed by atoms with Gasteiger partial charge in [-0.1, -0.05) is 99.1 Å². The van der Waals surface area contributed by atoms with Crippen molar-refractivity contribution in [3.05, 3.63) is 132 Å². The molecule has 1 atom stereocenters. The molecule has 0 spiro atoms. The zero-order chi connectivity index (χ0) is 45.4. The van der Waals surface area contributed by atoms with E-state index in [0.29, 0.717) is 36.5 Å². The van der Waals surface area contributed by atoms with E-state index in [1.165, 1.54) is 32.4 Å². The van der Waals surface area contributed by atoms with Gasteiger partial charge < -0.3 is 27.7 Å². The molecule has 5 aromatic carbocycles. The molecule has 0 aliphatic carbocycles. The highest BCUT2D eigenvalue weighted by Gasteiger charge is 2.24. The Morgan fingerprint density at radius 1 is 0.403 bits per heavy atom. The molecule has 336 valence electrons. The highest BCUT2D eigenvalue weighted by Crippen LogP contribution is 2.18. The lowest BCUT2D eigenvalue weighted by Gasteiger charge is -2.37. The maximum absolute atomic E-state index is 12.2. The van der Waals surface area contributed by atoms with Gasteiger partial charge in [0.1, 0.15) is 39.5 Å². The smallest absolute Gasteiger partial charge is 0.338 e. The van der Waals surface area contributed by atoms with E-state index < -0.39 is 0 Å². The van der Waals surface area contributed by atoms with E-state index in [1.54, 1.807) is 12.1 Å². The first kappa shape index (κ1) is 51.3. The fraction of sp³-hybridized carbons (Fsp3) is 0.453. The highest BCUT2D eigenvalue weighted by atomic mass is 16.5. The average molecular weight is 851 g/mol. The van der Waals surface area contributed by atoms with Gasteiger partial charge in [-0.2, -0.15) is 0 Å². The van der Waals surface area contributed by atoms with Crippen molar-refractivity contribution < 1.29 is 42.0 Å². The summed E-state index contributed by atoms with van der Waals surface area (Å²) in [6, 6.07) is 36.6. The largest absolute Gasteiger partial charge is 0.456 e. The van der Waals surface area contributed by atoms with Gasteiger partial charge in [-0.15, -0.1) is 0 Å². The van der Waals surface area contributed by atoms with Gasteiger partial charge >= 0.3 is 17.9 Å². The molecule has 0 aliphatic rings. The Kier molecular flexibility index (Phi) is 21.8. The van der Waals surface area contributed by atoms with E-state index >= 15 is 0 Å². The van der Waals surface area contributed by atoms with Crippen LogP contribution in [-0.2, 0) is 14.2 Å². The van der Waals surface area contributed by atoms with Crippen molar-refractivity contribution in [3.8, 4) is 0 Å². The first-order chi connectivity index (χ1) is 29.8. The Bertz CT molecular complexity index is 2080. The van der Waals surface area contributed by atoms with Crippen molar-refractivity contribution in [2.45, 2.75) is 60.8 Å². The van der Waals surface area contributed by atoms with Gasteiger partial charge in [-0.3, -0.25) is 0 Å². The standard InChI is InChI=1S/C19H26NO2.C18H30NO2.C16H20NO2/c1-4-20(5-2,6-3)13-14-22-19(21)18-12-11-16-9-7-8-10-17(16)15-18;1-4-7-14-19(6-3,13-5-2)15-16-21-18(20)17-11-9-8-10-12-17;1-17(2,3)10-11-19-16(18)15-9-8-13-6-4-5-7-14(13)12-15/h7-12,15H,4-6,13-14H2,1-3H3;8-12H,4-7,13-16H2,1-3H3;4-9,12H,10-11H2,1-3H3/q3*+1. The number of benzene rings is 5. The van der Waals surface area contributed by atoms with Gasteiger partial charge in [-0.05, 0) is 98.5 Å². The molecule has 9 nitrogen and oxygen atoms in total. The van der Waals surface area contributed by atoms with Crippen LogP contribution in [0.5, 0.6) is 0 Å². The Balaban J connectivity index is 0.000000248. The third-order valence-electron chi connectivity index (χ3n) is 11.9. The number of nitrogens with zero attached hydrogens (tertiary/aromatic N) is 3. The summed E-state index contributed by atoms with van der Waals surface area (Å²) in [5, 5.41) is 4.39. The lowest BCUT2D eigenvalue weighted by atomic mass is 10.1. The fourth-order valence-electron chi connectivity index (χ4n) is 7.46. The fourth-order valence-corrected chi connectivity index (χ4v) is 7.46. The number of likely N-dealkylation sites (N-methyl/N-ethyl adjacent to an activating group) is 3. The van der Waals surface area contributed by atoms with E-state index in [-0.39, 0.29) is 17.9 Å². The van der Waals surface area contributed by atoms with E-state index in [9.17, 15) is 14.4 Å². The van der Waals surface area contributed by atoms with Crippen LogP contribution in [0.15, 0.2) is 115 Å². The van der Waals surface area contributed by atoms with Crippen LogP contribution in [0.4, 0.5) is 0 Å². The quantitative estimate of drug-likeness (QED) is 0.0416. The zero-order valence-electron chi connectivity index (χ0n) is 39.4. The first-order valence-corrected chi connectivity index (χ1v) is 22.8. The SMILES string of the molecule is CCCC[N+](CC)(CCC)CCOC(=O)c1ccccc1.CC[N+](CC)(CC)CCOC(=O)c1ccc2ccccc2c1.C[N+](C)(C)CCOC(=O)c1ccc2ccccc2c1. The summed E-state index contributed by atoms with van der Waals surface area (Å²) in [4.78, 5) is 36.1. The maximum Gasteiger partial charge on any atom is 0.338 e. The number of carbonyl (C=O) groups excluding carboxylic acids is 3. The van der Waals surface area contributed by atoms with Crippen molar-refractivity contribution in [1.82, 2.24) is 0 Å². The summed E-state index contributed by atoms with van der Waals surface area (Å²) < 4.78 is 19.1. The summed E-state index contributed by atoms with van der Waals surface area (Å²) in [5.41, 5.74) is 1.87. The van der Waals surface area contributed by atoms with Crippen LogP contribution in [0, 0.1) is 0 Å². The lowest BCUT2D eigenvalue weighted by molar-refractivity contribution is -0.926. The minimum atomic E-state index is -0.251. The van der Waals surface area contributed by atoms with Crippen molar-refractivity contribution in [2.75, 3.05) is 99.9 Å². The van der Waals surface area contributed by atoms with E-state index in [0.717, 1.165) is 80.8 Å². The number of fused-ring (bicyclic) bond motifs is 2. The van der Waals surface area contributed by atoms with Crippen molar-refractivity contribution in [1.29, 1.82) is 0 Å². The van der Waals surface area contributed by atoms with Crippen LogP contribution in [-0.4, -0.2) is 131 Å². The Labute approximate surface area is 373 Å². The van der Waals surface area contributed by atoms with Crippen LogP contribution >= 0.6 is 0 Å². The molecular formula is C53H76N3O6+3. The van der Waals surface area contributed by atoms with Gasteiger partial charge in [0.05, 0.1) is 77.1 Å². The Hall–Kier alpha value is -5.09. The molecule has 9 heteroatoms. The molecule has 0 aliphatic heterocycles. The normalized spacial score (nSPS) is 12.3. The summed E-state index contributed by atoms with van der Waals surface area (Å²) in [6.45, 7) is 24.0. The van der Waals surface area contributed by atoms with Crippen LogP contribution in [0.2, 0.25) is 0 Å². The number of carbonyl (C=O) groups is 3. The molecule has 0 bridgehead atoms. The van der Waals surface area contributed by atoms with Gasteiger partial charge in [0.25, 0.3) is 0 Å². The third-order valence-corrected chi connectivity index (χ3v) is 11.9. The third kappa shape index (κ3) is 17.0. The summed E-state index contributed by atoms with van der Waals surface area (Å²) in [7, 11) is 6.22. The molecule has 1 unspecified atom stereocenters. The second kappa shape index (κ2) is 26.4. The molecule has 0 amide bonds. The number of hydrogen-bond acceptors (Lipinski definition) is 6. The summed E-state index contributed by atoms with van der Waals surface area (Å²) >= 11 is 0. The molecule has 62 heavy (non-hydrogen) atoms. The maximum atomic E-state index is 12.2. The molecule has 0 N–H and O–H groups in total. The molecule has 0 heterocycles. The molecule has 0 saturated carbocycles. The molecule has 0 aromatic heterocycles. The van der Waals surface area contributed by atoms with Crippen molar-refractivity contribution in [3.63, 3.8) is 0 Å². The molecule has 0 saturated heterocycles. The number of rotatable bonds is 21. The minimum Gasteiger partial charge on any atom is -0.456 e. The number of quaternary nitrogens is 3. The first-order valence-electron chi connectivity index (χ1n) is 22.8. The van der Waals surface area contributed by atoms with E-state index in [1.807, 2.05) is 103 Å². The van der Waals surface area contributed by atoms with Crippen LogP contribution < -0.4 is 0 Å². The molecule has 5 rings (SSSR count). The van der Waals surface area contributed by atoms with Crippen LogP contribution in [0.3, 0.4) is 0 Å². The van der Waals surface area contributed by atoms with E-state index in [4.69, 9.17) is 14.2 Å². The number of esters is 3. The Morgan fingerprint density at radius 2 is 0.806 bits per heavy atom. The van der Waals surface area contributed by atoms with Crippen molar-refractivity contribution in [2.24, 2.45) is 0 Å². The molecule has 0 fully saturated rings. The van der Waals surface area contributed by atoms with Gasteiger partial charge in [0, 0.05) is 0 Å². The monoisotopic (exact) mass is 851 g/mol. The van der Waals surface area contributed by atoms with Crippen LogP contribution in [0.25, 0.3) is 21.5 Å². The summed E-state index contributed by atoms with van der Waals surface area (Å²) in [5.74, 6) is -0.692. The second-order valence-corrected chi connectivity index (χ2v) is 17.1. The molecular weight excluding hydrogens is 775 g/mol. The van der Waals surface area contributed by atoms with Gasteiger partial charge in [-0.25, -0.2) is 14.4 Å². The van der Waals surface area contributed by atoms with Gasteiger partial charge in [0.2, 0.25) is 0 Å². The topological polar surface area (TPSA) is 78.9 Å². The summed E-state index contributed by atoms with van der Waals surface area (Å²) in [6.07, 6.45) is 3.62. The van der Waals surface area contributed by atoms with Crippen LogP contribution in [0.1, 0.15) is 91.9 Å². The second-order valence-electron chi connectivity index (χ2n) is 17.1. The molecule has 0 radical (unpaired) electrons. The van der Waals surface area contributed by atoms with Crippen molar-refractivity contribution >= 4 is 39.5 Å². The predicted molar refractivity (Wildman–Crippen MR) is 255 cm³/mol. The lowest BCUT2D eigenvalue weighted by Crippen LogP contribution is -2.51. The minimum absolute atomic E-state index is 0.211. The number of unbranched alkanes of at least 4 members (excludes halogenated alkanes) is 1. The number of hydrogen-bond donors (Lipinski definition) is 0. The molecule has 5 aromatic rings. The average Bonchev–Trinajstić information content (AvgIpc) is 3.29. The predicted octanol–water partition coefficient (Wildman–Crippen LogP) is 10.5. The van der Waals surface area contributed by atoms with E-state index in [2.05, 4.69) is 62.7 Å².